The standard InChI is InChI=1S/C32H25OP/c1-24(33)25-20-22-26(23-21-25)29-16-8-9-17-30(29)31-18-10-11-19-32(31)34(27-12-4-2-5-13-27)28-14-6-3-7-15-28/h2-23H,1H3. The molecule has 0 aliphatic heterocycles. The molecule has 5 aromatic rings. The predicted octanol–water partition coefficient (Wildman–Crippen LogP) is 6.98. The normalized spacial score (nSPS) is 10.9. The zero-order chi connectivity index (χ0) is 23.3. The Bertz CT molecular complexity index is 1370. The first-order valence-corrected chi connectivity index (χ1v) is 12.8. The van der Waals surface area contributed by atoms with Crippen LogP contribution in [0.4, 0.5) is 0 Å². The van der Waals surface area contributed by atoms with E-state index in [1.807, 2.05) is 12.1 Å². The van der Waals surface area contributed by atoms with Gasteiger partial charge in [0, 0.05) is 5.56 Å². The zero-order valence-electron chi connectivity index (χ0n) is 19.1. The molecule has 0 aliphatic carbocycles. The van der Waals surface area contributed by atoms with Gasteiger partial charge in [0.2, 0.25) is 0 Å². The van der Waals surface area contributed by atoms with Crippen molar-refractivity contribution in [2.45, 2.75) is 6.92 Å². The molecule has 0 heterocycles. The maximum Gasteiger partial charge on any atom is 0.159 e. The van der Waals surface area contributed by atoms with Crippen molar-refractivity contribution in [3.05, 3.63) is 139 Å². The largest absolute Gasteiger partial charge is 0.295 e. The molecule has 164 valence electrons. The van der Waals surface area contributed by atoms with Crippen LogP contribution in [-0.4, -0.2) is 5.78 Å². The van der Waals surface area contributed by atoms with Crippen molar-refractivity contribution >= 4 is 29.6 Å². The Morgan fingerprint density at radius 2 is 0.971 bits per heavy atom. The van der Waals surface area contributed by atoms with Crippen LogP contribution < -0.4 is 15.9 Å². The van der Waals surface area contributed by atoms with Crippen molar-refractivity contribution in [2.24, 2.45) is 0 Å². The van der Waals surface area contributed by atoms with E-state index in [0.717, 1.165) is 11.1 Å². The molecular formula is C32H25OP. The molecule has 0 saturated heterocycles. The molecule has 0 aromatic heterocycles. The van der Waals surface area contributed by atoms with Gasteiger partial charge in [-0.3, -0.25) is 4.79 Å². The van der Waals surface area contributed by atoms with Crippen LogP contribution in [0.25, 0.3) is 22.3 Å². The van der Waals surface area contributed by atoms with Crippen LogP contribution in [0.15, 0.2) is 133 Å². The van der Waals surface area contributed by atoms with Gasteiger partial charge in [-0.25, -0.2) is 0 Å². The second-order valence-corrected chi connectivity index (χ2v) is 10.4. The monoisotopic (exact) mass is 456 g/mol. The number of rotatable bonds is 6. The van der Waals surface area contributed by atoms with Gasteiger partial charge in [0.25, 0.3) is 0 Å². The van der Waals surface area contributed by atoms with Gasteiger partial charge >= 0.3 is 0 Å². The molecule has 0 aliphatic rings. The summed E-state index contributed by atoms with van der Waals surface area (Å²) < 4.78 is 0. The maximum absolute atomic E-state index is 11.8. The van der Waals surface area contributed by atoms with Gasteiger partial charge < -0.3 is 0 Å². The van der Waals surface area contributed by atoms with Crippen LogP contribution in [0.1, 0.15) is 17.3 Å². The van der Waals surface area contributed by atoms with Gasteiger partial charge in [0.05, 0.1) is 0 Å². The summed E-state index contributed by atoms with van der Waals surface area (Å²) in [5.74, 6) is 0.0848. The summed E-state index contributed by atoms with van der Waals surface area (Å²) in [7, 11) is -0.730. The third-order valence-corrected chi connectivity index (χ3v) is 8.49. The van der Waals surface area contributed by atoms with Gasteiger partial charge in [0.15, 0.2) is 5.78 Å². The summed E-state index contributed by atoms with van der Waals surface area (Å²) in [5.41, 5.74) is 5.46. The second-order valence-electron chi connectivity index (χ2n) is 8.20. The lowest BCUT2D eigenvalue weighted by molar-refractivity contribution is 0.101. The molecule has 0 bridgehead atoms. The predicted molar refractivity (Wildman–Crippen MR) is 146 cm³/mol. The van der Waals surface area contributed by atoms with Gasteiger partial charge in [-0.05, 0) is 53.0 Å². The first-order chi connectivity index (χ1) is 16.7. The highest BCUT2D eigenvalue weighted by Gasteiger charge is 2.21. The molecule has 5 aromatic carbocycles. The third-order valence-electron chi connectivity index (χ3n) is 5.99. The van der Waals surface area contributed by atoms with Crippen LogP contribution in [0.5, 0.6) is 0 Å². The molecule has 0 fully saturated rings. The summed E-state index contributed by atoms with van der Waals surface area (Å²) in [6.07, 6.45) is 0. The molecule has 5 rings (SSSR count). The van der Waals surface area contributed by atoms with Crippen LogP contribution in [0.2, 0.25) is 0 Å². The lowest BCUT2D eigenvalue weighted by atomic mass is 9.94. The van der Waals surface area contributed by atoms with Crippen molar-refractivity contribution in [1.29, 1.82) is 0 Å². The molecule has 1 nitrogen and oxygen atoms in total. The number of carbonyl (C=O) groups is 1. The molecule has 34 heavy (non-hydrogen) atoms. The quantitative estimate of drug-likeness (QED) is 0.199. The number of benzene rings is 5. The zero-order valence-corrected chi connectivity index (χ0v) is 20.0. The van der Waals surface area contributed by atoms with Crippen LogP contribution in [0.3, 0.4) is 0 Å². The first kappa shape index (κ1) is 22.0. The number of carbonyl (C=O) groups excluding carboxylic acids is 1. The van der Waals surface area contributed by atoms with Crippen molar-refractivity contribution in [3.8, 4) is 22.3 Å². The Hall–Kier alpha value is -3.80. The Morgan fingerprint density at radius 3 is 1.53 bits per heavy atom. The minimum absolute atomic E-state index is 0.0848. The first-order valence-electron chi connectivity index (χ1n) is 11.4. The van der Waals surface area contributed by atoms with Crippen LogP contribution in [0, 0.1) is 0 Å². The van der Waals surface area contributed by atoms with E-state index in [-0.39, 0.29) is 5.78 Å². The van der Waals surface area contributed by atoms with Crippen molar-refractivity contribution < 1.29 is 4.79 Å². The molecule has 0 amide bonds. The average molecular weight is 457 g/mol. The summed E-state index contributed by atoms with van der Waals surface area (Å²) in [5, 5.41) is 4.00. The topological polar surface area (TPSA) is 17.1 Å². The fourth-order valence-corrected chi connectivity index (χ4v) is 6.80. The lowest BCUT2D eigenvalue weighted by Crippen LogP contribution is -2.22. The molecule has 0 radical (unpaired) electrons. The van der Waals surface area contributed by atoms with Crippen LogP contribution in [-0.2, 0) is 0 Å². The molecule has 2 heteroatoms. The molecule has 0 atom stereocenters. The maximum atomic E-state index is 11.8. The van der Waals surface area contributed by atoms with Crippen LogP contribution >= 0.6 is 7.92 Å². The van der Waals surface area contributed by atoms with Gasteiger partial charge in [-0.1, -0.05) is 133 Å². The SMILES string of the molecule is CC(=O)c1ccc(-c2ccccc2-c2ccccc2P(c2ccccc2)c2ccccc2)cc1. The van der Waals surface area contributed by atoms with E-state index >= 15 is 0 Å². The van der Waals surface area contributed by atoms with E-state index in [2.05, 4.69) is 121 Å². The van der Waals surface area contributed by atoms with Crippen molar-refractivity contribution in [3.63, 3.8) is 0 Å². The smallest absolute Gasteiger partial charge is 0.159 e. The molecule has 0 unspecified atom stereocenters. The fraction of sp³-hybridized carbons (Fsp3) is 0.0312. The van der Waals surface area contributed by atoms with E-state index < -0.39 is 7.92 Å². The summed E-state index contributed by atoms with van der Waals surface area (Å²) in [4.78, 5) is 11.8. The Morgan fingerprint density at radius 1 is 0.500 bits per heavy atom. The van der Waals surface area contributed by atoms with Crippen molar-refractivity contribution in [2.75, 3.05) is 0 Å². The van der Waals surface area contributed by atoms with E-state index in [4.69, 9.17) is 0 Å². The average Bonchev–Trinajstić information content (AvgIpc) is 2.90. The summed E-state index contributed by atoms with van der Waals surface area (Å²) >= 11 is 0. The lowest BCUT2D eigenvalue weighted by Gasteiger charge is -2.23. The number of hydrogen-bond acceptors (Lipinski definition) is 1. The minimum Gasteiger partial charge on any atom is -0.295 e. The third kappa shape index (κ3) is 4.49. The van der Waals surface area contributed by atoms with E-state index in [9.17, 15) is 4.79 Å². The Balaban J connectivity index is 1.69. The van der Waals surface area contributed by atoms with Crippen molar-refractivity contribution in [1.82, 2.24) is 0 Å². The van der Waals surface area contributed by atoms with Gasteiger partial charge in [0.1, 0.15) is 0 Å². The van der Waals surface area contributed by atoms with E-state index in [1.54, 1.807) is 6.92 Å². The number of ketones is 1. The van der Waals surface area contributed by atoms with E-state index in [0.29, 0.717) is 0 Å². The Kier molecular flexibility index (Phi) is 6.47. The summed E-state index contributed by atoms with van der Waals surface area (Å²) in [6.45, 7) is 1.61. The minimum atomic E-state index is -0.730. The van der Waals surface area contributed by atoms with Gasteiger partial charge in [-0.15, -0.1) is 0 Å². The molecule has 0 spiro atoms. The molecule has 0 N–H and O–H groups in total. The summed E-state index contributed by atoms with van der Waals surface area (Å²) in [6, 6.07) is 46.9. The molecule has 0 saturated carbocycles. The van der Waals surface area contributed by atoms with Gasteiger partial charge in [-0.2, -0.15) is 0 Å². The Labute approximate surface area is 202 Å². The molecular weight excluding hydrogens is 431 g/mol. The highest BCUT2D eigenvalue weighted by molar-refractivity contribution is 7.80. The highest BCUT2D eigenvalue weighted by Crippen LogP contribution is 2.39. The number of Topliss-reactive ketones (excluding diaryl/α,β-unsaturated/α-hetero) is 1. The van der Waals surface area contributed by atoms with E-state index in [1.165, 1.54) is 32.6 Å². The fourth-order valence-electron chi connectivity index (χ4n) is 4.33. The highest BCUT2D eigenvalue weighted by atomic mass is 31.1. The number of hydrogen-bond donors (Lipinski definition) is 0. The second kappa shape index (κ2) is 10.00.